The van der Waals surface area contributed by atoms with Crippen LogP contribution in [0.25, 0.3) is 0 Å². The highest BCUT2D eigenvalue weighted by molar-refractivity contribution is 6.08. The normalized spacial score (nSPS) is 18.3. The largest absolute Gasteiger partial charge is 0.503 e. The van der Waals surface area contributed by atoms with Gasteiger partial charge in [0.05, 0.1) is 17.7 Å². The van der Waals surface area contributed by atoms with Gasteiger partial charge in [-0.1, -0.05) is 45.0 Å². The predicted octanol–water partition coefficient (Wildman–Crippen LogP) is 2.79. The quantitative estimate of drug-likeness (QED) is 0.870. The molecule has 1 heterocycles. The summed E-state index contributed by atoms with van der Waals surface area (Å²) in [4.78, 5) is 25.2. The van der Waals surface area contributed by atoms with Crippen LogP contribution in [0.15, 0.2) is 35.6 Å². The van der Waals surface area contributed by atoms with Gasteiger partial charge in [0.25, 0.3) is 5.91 Å². The molecule has 1 aromatic rings. The first-order valence-corrected chi connectivity index (χ1v) is 7.41. The fourth-order valence-electron chi connectivity index (χ4n) is 2.76. The summed E-state index contributed by atoms with van der Waals surface area (Å²) in [5.41, 5.74) is 1.86. The van der Waals surface area contributed by atoms with E-state index in [0.29, 0.717) is 5.56 Å². The molecule has 0 saturated heterocycles. The van der Waals surface area contributed by atoms with Crippen LogP contribution < -0.4 is 0 Å². The van der Waals surface area contributed by atoms with E-state index in [2.05, 4.69) is 20.8 Å². The number of aliphatic hydroxyl groups excluding tert-OH is 1. The summed E-state index contributed by atoms with van der Waals surface area (Å²) in [7, 11) is 0. The maximum atomic E-state index is 12.1. The smallest absolute Gasteiger partial charge is 0.290 e. The number of rotatable bonds is 3. The number of hydrogen-bond donors (Lipinski definition) is 1. The second kappa shape index (κ2) is 5.88. The molecule has 0 fully saturated rings. The molecule has 1 aliphatic rings. The first-order chi connectivity index (χ1) is 10.7. The molecular weight excluding hydrogens is 292 g/mol. The Morgan fingerprint density at radius 2 is 1.87 bits per heavy atom. The first-order valence-electron chi connectivity index (χ1n) is 7.41. The Morgan fingerprint density at radius 1 is 1.30 bits per heavy atom. The van der Waals surface area contributed by atoms with Gasteiger partial charge >= 0.3 is 0 Å². The highest BCUT2D eigenvalue weighted by Crippen LogP contribution is 2.38. The Morgan fingerprint density at radius 3 is 2.30 bits per heavy atom. The lowest BCUT2D eigenvalue weighted by atomic mass is 9.85. The Bertz CT molecular complexity index is 718. The van der Waals surface area contributed by atoms with Crippen LogP contribution in [0.4, 0.5) is 0 Å². The second-order valence-electron chi connectivity index (χ2n) is 6.68. The van der Waals surface area contributed by atoms with Crippen molar-refractivity contribution >= 4 is 11.7 Å². The van der Waals surface area contributed by atoms with E-state index in [4.69, 9.17) is 5.26 Å². The number of aliphatic hydroxyl groups is 1. The fraction of sp³-hybridized carbons (Fsp3) is 0.389. The van der Waals surface area contributed by atoms with Crippen molar-refractivity contribution in [3.8, 4) is 6.07 Å². The number of hydrogen-bond acceptors (Lipinski definition) is 4. The molecule has 1 atom stereocenters. The maximum Gasteiger partial charge on any atom is 0.290 e. The van der Waals surface area contributed by atoms with E-state index in [1.807, 2.05) is 30.3 Å². The molecule has 23 heavy (non-hydrogen) atoms. The van der Waals surface area contributed by atoms with Gasteiger partial charge in [-0.05, 0) is 23.5 Å². The zero-order valence-electron chi connectivity index (χ0n) is 13.8. The molecule has 5 heteroatoms. The van der Waals surface area contributed by atoms with E-state index >= 15 is 0 Å². The van der Waals surface area contributed by atoms with Crippen molar-refractivity contribution in [2.75, 3.05) is 6.54 Å². The third-order valence-electron chi connectivity index (χ3n) is 4.02. The molecule has 0 radical (unpaired) electrons. The van der Waals surface area contributed by atoms with Crippen LogP contribution in [-0.4, -0.2) is 28.2 Å². The van der Waals surface area contributed by atoms with Gasteiger partial charge in [-0.2, -0.15) is 5.26 Å². The minimum Gasteiger partial charge on any atom is -0.503 e. The summed E-state index contributed by atoms with van der Waals surface area (Å²) >= 11 is 0. The Kier molecular flexibility index (Phi) is 4.28. The summed E-state index contributed by atoms with van der Waals surface area (Å²) in [5, 5.41) is 18.9. The average Bonchev–Trinajstić information content (AvgIpc) is 2.72. The van der Waals surface area contributed by atoms with Gasteiger partial charge in [0.2, 0.25) is 0 Å². The minimum atomic E-state index is -0.714. The number of carbonyl (C=O) groups excluding carboxylic acids is 2. The van der Waals surface area contributed by atoms with Crippen molar-refractivity contribution in [1.29, 1.82) is 5.26 Å². The molecule has 1 N–H and O–H groups in total. The zero-order valence-corrected chi connectivity index (χ0v) is 13.8. The van der Waals surface area contributed by atoms with Crippen molar-refractivity contribution in [3.05, 3.63) is 46.7 Å². The van der Waals surface area contributed by atoms with Gasteiger partial charge in [-0.25, -0.2) is 0 Å². The summed E-state index contributed by atoms with van der Waals surface area (Å²) in [6.07, 6.45) is 0. The lowest BCUT2D eigenvalue weighted by Crippen LogP contribution is -2.31. The van der Waals surface area contributed by atoms with Crippen LogP contribution in [0.2, 0.25) is 0 Å². The van der Waals surface area contributed by atoms with Crippen molar-refractivity contribution in [1.82, 2.24) is 4.90 Å². The van der Waals surface area contributed by atoms with E-state index in [-0.39, 0.29) is 23.3 Å². The fourth-order valence-corrected chi connectivity index (χ4v) is 2.76. The minimum absolute atomic E-state index is 0.0161. The number of benzene rings is 1. The molecule has 0 bridgehead atoms. The molecule has 120 valence electrons. The molecule has 1 aliphatic heterocycles. The molecular formula is C18H20N2O3. The highest BCUT2D eigenvalue weighted by atomic mass is 16.3. The number of Topliss-reactive ketones (excluding diaryl/α,β-unsaturated/α-hetero) is 1. The third-order valence-corrected chi connectivity index (χ3v) is 4.02. The van der Waals surface area contributed by atoms with Crippen LogP contribution in [0.5, 0.6) is 0 Å². The molecule has 1 amide bonds. The van der Waals surface area contributed by atoms with Crippen LogP contribution in [-0.2, 0) is 15.0 Å². The van der Waals surface area contributed by atoms with Crippen LogP contribution in [0.3, 0.4) is 0 Å². The predicted molar refractivity (Wildman–Crippen MR) is 85.5 cm³/mol. The number of ketones is 1. The summed E-state index contributed by atoms with van der Waals surface area (Å²) in [5.74, 6) is -1.61. The summed E-state index contributed by atoms with van der Waals surface area (Å²) in [6, 6.07) is 8.76. The Hall–Kier alpha value is -2.61. The molecule has 1 aromatic carbocycles. The number of nitrogens with zero attached hydrogens (tertiary/aromatic N) is 2. The number of carbonyl (C=O) groups is 2. The van der Waals surface area contributed by atoms with E-state index in [0.717, 1.165) is 5.56 Å². The van der Waals surface area contributed by atoms with E-state index in [9.17, 15) is 14.7 Å². The first kappa shape index (κ1) is 16.8. The monoisotopic (exact) mass is 312 g/mol. The molecule has 2 rings (SSSR count). The molecule has 0 aromatic heterocycles. The lowest BCUT2D eigenvalue weighted by Gasteiger charge is -2.25. The Balaban J connectivity index is 2.51. The van der Waals surface area contributed by atoms with Crippen LogP contribution in [0.1, 0.15) is 44.9 Å². The van der Waals surface area contributed by atoms with Gasteiger partial charge in [0, 0.05) is 0 Å². The van der Waals surface area contributed by atoms with Gasteiger partial charge in [-0.3, -0.25) is 9.59 Å². The highest BCUT2D eigenvalue weighted by Gasteiger charge is 2.42. The number of amides is 1. The second-order valence-corrected chi connectivity index (χ2v) is 6.68. The van der Waals surface area contributed by atoms with Crippen LogP contribution >= 0.6 is 0 Å². The summed E-state index contributed by atoms with van der Waals surface area (Å²) in [6.45, 7) is 7.40. The van der Waals surface area contributed by atoms with Crippen LogP contribution in [0, 0.1) is 11.3 Å². The topological polar surface area (TPSA) is 81.4 Å². The van der Waals surface area contributed by atoms with Crippen molar-refractivity contribution in [3.63, 3.8) is 0 Å². The van der Waals surface area contributed by atoms with E-state index < -0.39 is 17.7 Å². The van der Waals surface area contributed by atoms with Crippen molar-refractivity contribution in [2.45, 2.75) is 39.2 Å². The molecule has 5 nitrogen and oxygen atoms in total. The standard InChI is InChI=1S/C18H20N2O3/c1-11(21)14-15(20(10-9-19)17(23)16(14)22)12-5-7-13(8-6-12)18(2,3)4/h5-8,15,22H,10H2,1-4H3/t15-/m0/s1. The van der Waals surface area contributed by atoms with E-state index in [1.165, 1.54) is 11.8 Å². The third kappa shape index (κ3) is 2.98. The number of nitriles is 1. The van der Waals surface area contributed by atoms with Crippen molar-refractivity contribution in [2.24, 2.45) is 0 Å². The summed E-state index contributed by atoms with van der Waals surface area (Å²) < 4.78 is 0. The molecule has 0 spiro atoms. The molecule has 0 unspecified atom stereocenters. The lowest BCUT2D eigenvalue weighted by molar-refractivity contribution is -0.128. The van der Waals surface area contributed by atoms with Gasteiger partial charge in [0.1, 0.15) is 6.54 Å². The zero-order chi connectivity index (χ0) is 17.4. The average molecular weight is 312 g/mol. The Labute approximate surface area is 135 Å². The van der Waals surface area contributed by atoms with E-state index in [1.54, 1.807) is 0 Å². The SMILES string of the molecule is CC(=O)C1=C(O)C(=O)N(CC#N)[C@H]1c1ccc(C(C)(C)C)cc1. The van der Waals surface area contributed by atoms with Gasteiger partial charge in [-0.15, -0.1) is 0 Å². The van der Waals surface area contributed by atoms with Gasteiger partial charge in [0.15, 0.2) is 11.5 Å². The maximum absolute atomic E-state index is 12.1. The van der Waals surface area contributed by atoms with Crippen molar-refractivity contribution < 1.29 is 14.7 Å². The molecule has 0 aliphatic carbocycles. The molecule has 0 saturated carbocycles. The van der Waals surface area contributed by atoms with Gasteiger partial charge < -0.3 is 10.0 Å².